The maximum atomic E-state index is 12.4. The van der Waals surface area contributed by atoms with Crippen LogP contribution in [0.3, 0.4) is 0 Å². The quantitative estimate of drug-likeness (QED) is 0.546. The van der Waals surface area contributed by atoms with Crippen LogP contribution in [0, 0.1) is 24.7 Å². The van der Waals surface area contributed by atoms with Crippen LogP contribution in [0.1, 0.15) is 45.4 Å². The van der Waals surface area contributed by atoms with E-state index >= 15 is 0 Å². The first kappa shape index (κ1) is 16.7. The molecule has 0 aromatic carbocycles. The molecule has 1 saturated heterocycles. The minimum Gasteiger partial charge on any atom is -0.361 e. The summed E-state index contributed by atoms with van der Waals surface area (Å²) in [7, 11) is 0. The Morgan fingerprint density at radius 1 is 1.25 bits per heavy atom. The summed E-state index contributed by atoms with van der Waals surface area (Å²) in [5.74, 6) is 1.24. The summed E-state index contributed by atoms with van der Waals surface area (Å²) in [5.41, 5.74) is 0.719. The second kappa shape index (κ2) is 7.40. The lowest BCUT2D eigenvalue weighted by atomic mass is 9.72. The molecule has 0 bridgehead atoms. The van der Waals surface area contributed by atoms with Crippen LogP contribution in [0.2, 0.25) is 0 Å². The Balaban J connectivity index is 0.000000461. The Labute approximate surface area is 121 Å². The third-order valence-electron chi connectivity index (χ3n) is 4.63. The van der Waals surface area contributed by atoms with Gasteiger partial charge in [0.15, 0.2) is 11.4 Å². The van der Waals surface area contributed by atoms with Crippen LogP contribution in [-0.4, -0.2) is 24.8 Å². The van der Waals surface area contributed by atoms with E-state index in [0.29, 0.717) is 24.2 Å². The van der Waals surface area contributed by atoms with Crippen LogP contribution in [0.5, 0.6) is 0 Å². The predicted octanol–water partition coefficient (Wildman–Crippen LogP) is 2.94. The Kier molecular flexibility index (Phi) is 6.16. The Bertz CT molecular complexity index is 384. The van der Waals surface area contributed by atoms with E-state index in [2.05, 4.69) is 25.8 Å². The zero-order valence-corrected chi connectivity index (χ0v) is 12.3. The van der Waals surface area contributed by atoms with Gasteiger partial charge in [0.2, 0.25) is 0 Å². The van der Waals surface area contributed by atoms with Gasteiger partial charge in [-0.1, -0.05) is 32.3 Å². The van der Waals surface area contributed by atoms with Gasteiger partial charge in [-0.15, -0.1) is 12.8 Å². The molecule has 2 atom stereocenters. The van der Waals surface area contributed by atoms with Gasteiger partial charge in [0, 0.05) is 0 Å². The number of hydrogen-bond donors (Lipinski definition) is 0. The van der Waals surface area contributed by atoms with Gasteiger partial charge in [-0.25, -0.2) is 0 Å². The van der Waals surface area contributed by atoms with Crippen molar-refractivity contribution >= 4 is 12.6 Å². The fraction of sp³-hybridized carbons (Fsp3) is 0.647. The summed E-state index contributed by atoms with van der Waals surface area (Å²) in [6.45, 7) is 4.80. The molecule has 3 nitrogen and oxygen atoms in total. The number of hydrogen-bond acceptors (Lipinski definition) is 3. The zero-order valence-electron chi connectivity index (χ0n) is 12.3. The molecule has 0 radical (unpaired) electrons. The van der Waals surface area contributed by atoms with Gasteiger partial charge >= 0.3 is 0 Å². The summed E-state index contributed by atoms with van der Waals surface area (Å²) in [6, 6.07) is 0. The molecule has 2 aliphatic carbocycles. The molecule has 3 rings (SSSR count). The third-order valence-corrected chi connectivity index (χ3v) is 4.63. The standard InChI is InChI=1S/C14H20O2.C2H2.CH2O/c1-10-7-8-12(11-5-3-2-4-6-11)13(15)14(10)9-16-14;2*1-2/h8,10-11H,2-7,9H2,1H3;1-2H;1H2/t10?,14-;;/m0../s1. The summed E-state index contributed by atoms with van der Waals surface area (Å²) in [5, 5.41) is 0. The van der Waals surface area contributed by atoms with Gasteiger partial charge in [0.05, 0.1) is 6.61 Å². The summed E-state index contributed by atoms with van der Waals surface area (Å²) in [6.07, 6.45) is 17.6. The van der Waals surface area contributed by atoms with E-state index in [1.165, 1.54) is 32.1 Å². The fourth-order valence-corrected chi connectivity index (χ4v) is 3.31. The molecule has 1 aliphatic heterocycles. The fourth-order valence-electron chi connectivity index (χ4n) is 3.31. The topological polar surface area (TPSA) is 46.7 Å². The average Bonchev–Trinajstić information content (AvgIpc) is 3.32. The van der Waals surface area contributed by atoms with Gasteiger partial charge in [-0.05, 0) is 36.7 Å². The van der Waals surface area contributed by atoms with Gasteiger partial charge in [-0.2, -0.15) is 0 Å². The summed E-state index contributed by atoms with van der Waals surface area (Å²) >= 11 is 0. The molecule has 2 fully saturated rings. The molecule has 1 unspecified atom stereocenters. The number of ether oxygens (including phenoxy) is 1. The van der Waals surface area contributed by atoms with Crippen molar-refractivity contribution in [1.82, 2.24) is 0 Å². The largest absolute Gasteiger partial charge is 0.361 e. The molecule has 0 aromatic heterocycles. The van der Waals surface area contributed by atoms with Gasteiger partial charge < -0.3 is 9.53 Å². The first-order valence-corrected chi connectivity index (χ1v) is 7.25. The van der Waals surface area contributed by atoms with E-state index in [4.69, 9.17) is 9.53 Å². The minimum absolute atomic E-state index is 0.318. The molecule has 3 aliphatic rings. The lowest BCUT2D eigenvalue weighted by Gasteiger charge is -2.30. The summed E-state index contributed by atoms with van der Waals surface area (Å²) in [4.78, 5) is 20.4. The Hall–Kier alpha value is -1.40. The monoisotopic (exact) mass is 276 g/mol. The van der Waals surface area contributed by atoms with E-state index in [0.717, 1.165) is 12.0 Å². The third kappa shape index (κ3) is 3.02. The molecular weight excluding hydrogens is 252 g/mol. The van der Waals surface area contributed by atoms with E-state index < -0.39 is 0 Å². The van der Waals surface area contributed by atoms with Crippen molar-refractivity contribution in [2.75, 3.05) is 6.61 Å². The van der Waals surface area contributed by atoms with Gasteiger partial charge in [-0.3, -0.25) is 4.79 Å². The molecule has 1 heterocycles. The summed E-state index contributed by atoms with van der Waals surface area (Å²) < 4.78 is 5.49. The van der Waals surface area contributed by atoms with Crippen LogP contribution >= 0.6 is 0 Å². The smallest absolute Gasteiger partial charge is 0.193 e. The van der Waals surface area contributed by atoms with E-state index in [-0.39, 0.29) is 5.60 Å². The molecule has 3 heteroatoms. The second-order valence-electron chi connectivity index (χ2n) is 5.64. The molecular formula is C17H24O3. The number of carbonyl (C=O) groups is 2. The number of rotatable bonds is 1. The van der Waals surface area contributed by atoms with Crippen LogP contribution < -0.4 is 0 Å². The number of terminal acetylenes is 1. The highest BCUT2D eigenvalue weighted by Gasteiger charge is 2.58. The zero-order chi connectivity index (χ0) is 15.2. The number of carbonyl (C=O) groups excluding carboxylic acids is 2. The maximum Gasteiger partial charge on any atom is 0.193 e. The SMILES string of the molecule is C#C.C=O.CC1CC=C(C2CCCCC2)C(=O)[C@]12CO2. The van der Waals surface area contributed by atoms with Gasteiger partial charge in [0.25, 0.3) is 0 Å². The van der Waals surface area contributed by atoms with Crippen LogP contribution in [0.4, 0.5) is 0 Å². The molecule has 1 saturated carbocycles. The van der Waals surface area contributed by atoms with Crippen LogP contribution in [0.25, 0.3) is 0 Å². The van der Waals surface area contributed by atoms with Crippen LogP contribution in [0.15, 0.2) is 11.6 Å². The van der Waals surface area contributed by atoms with Crippen molar-refractivity contribution in [1.29, 1.82) is 0 Å². The molecule has 110 valence electrons. The lowest BCUT2D eigenvalue weighted by molar-refractivity contribution is -0.123. The number of ketones is 1. The number of Topliss-reactive ketones (excluding diaryl/α,β-unsaturated/α-hetero) is 1. The highest BCUT2D eigenvalue weighted by Crippen LogP contribution is 2.46. The molecule has 20 heavy (non-hydrogen) atoms. The van der Waals surface area contributed by atoms with E-state index in [1.54, 1.807) is 0 Å². The van der Waals surface area contributed by atoms with Crippen molar-refractivity contribution in [3.05, 3.63) is 11.6 Å². The second-order valence-corrected chi connectivity index (χ2v) is 5.64. The number of epoxide rings is 1. The highest BCUT2D eigenvalue weighted by molar-refractivity contribution is 6.05. The predicted molar refractivity (Wildman–Crippen MR) is 79.1 cm³/mol. The van der Waals surface area contributed by atoms with E-state index in [9.17, 15) is 4.79 Å². The minimum atomic E-state index is -0.387. The van der Waals surface area contributed by atoms with Crippen molar-refractivity contribution in [3.63, 3.8) is 0 Å². The Morgan fingerprint density at radius 2 is 1.80 bits per heavy atom. The number of allylic oxidation sites excluding steroid dienone is 1. The molecule has 1 spiro atoms. The van der Waals surface area contributed by atoms with Crippen molar-refractivity contribution in [2.24, 2.45) is 11.8 Å². The lowest BCUT2D eigenvalue weighted by Crippen LogP contribution is -2.38. The van der Waals surface area contributed by atoms with Crippen LogP contribution in [-0.2, 0) is 14.3 Å². The first-order valence-electron chi connectivity index (χ1n) is 7.25. The molecule has 0 aromatic rings. The van der Waals surface area contributed by atoms with Gasteiger partial charge in [0.1, 0.15) is 6.79 Å². The average molecular weight is 276 g/mol. The molecule has 0 N–H and O–H groups in total. The highest BCUT2D eigenvalue weighted by atomic mass is 16.6. The van der Waals surface area contributed by atoms with E-state index in [1.807, 2.05) is 6.79 Å². The molecule has 0 amide bonds. The van der Waals surface area contributed by atoms with Crippen molar-refractivity contribution < 1.29 is 14.3 Å². The first-order chi connectivity index (χ1) is 9.74. The van der Waals surface area contributed by atoms with Crippen molar-refractivity contribution in [2.45, 2.75) is 51.0 Å². The maximum absolute atomic E-state index is 12.4. The Morgan fingerprint density at radius 3 is 2.30 bits per heavy atom. The van der Waals surface area contributed by atoms with Crippen molar-refractivity contribution in [3.8, 4) is 12.8 Å². The normalized spacial score (nSPS) is 32.2.